The predicted molar refractivity (Wildman–Crippen MR) is 64.9 cm³/mol. The largest absolute Gasteiger partial charge is 0.506 e. The lowest BCUT2D eigenvalue weighted by atomic mass is 10.1. The molecule has 2 heterocycles. The summed E-state index contributed by atoms with van der Waals surface area (Å²) in [5.74, 6) is 0.870. The summed E-state index contributed by atoms with van der Waals surface area (Å²) in [6.45, 7) is 2.72. The van der Waals surface area contributed by atoms with Gasteiger partial charge in [0, 0.05) is 23.5 Å². The van der Waals surface area contributed by atoms with Crippen LogP contribution in [0.2, 0.25) is 0 Å². The molecule has 0 unspecified atom stereocenters. The van der Waals surface area contributed by atoms with E-state index in [0.29, 0.717) is 6.61 Å². The highest BCUT2D eigenvalue weighted by Crippen LogP contribution is 2.24. The molecule has 0 aliphatic heterocycles. The van der Waals surface area contributed by atoms with Crippen molar-refractivity contribution in [2.75, 3.05) is 6.61 Å². The van der Waals surface area contributed by atoms with Gasteiger partial charge in [-0.3, -0.25) is 9.97 Å². The second-order valence-electron chi connectivity index (χ2n) is 3.69. The van der Waals surface area contributed by atoms with Gasteiger partial charge in [0.25, 0.3) is 0 Å². The summed E-state index contributed by atoms with van der Waals surface area (Å²) in [6, 6.07) is 3.53. The maximum absolute atomic E-state index is 9.37. The third-order valence-corrected chi connectivity index (χ3v) is 2.24. The van der Waals surface area contributed by atoms with E-state index >= 15 is 0 Å². The second-order valence-corrected chi connectivity index (χ2v) is 3.69. The minimum absolute atomic E-state index is 0.141. The molecule has 0 saturated heterocycles. The molecule has 4 nitrogen and oxygen atoms in total. The molecule has 0 aromatic carbocycles. The lowest BCUT2D eigenvalue weighted by molar-refractivity contribution is 0.316. The molecule has 0 aliphatic carbocycles. The van der Waals surface area contributed by atoms with Crippen molar-refractivity contribution in [3.05, 3.63) is 36.9 Å². The second kappa shape index (κ2) is 5.30. The van der Waals surface area contributed by atoms with Crippen LogP contribution >= 0.6 is 0 Å². The average molecular weight is 230 g/mol. The van der Waals surface area contributed by atoms with E-state index in [1.165, 1.54) is 6.20 Å². The molecule has 0 radical (unpaired) electrons. The number of pyridine rings is 2. The number of rotatable bonds is 4. The zero-order valence-corrected chi connectivity index (χ0v) is 9.63. The van der Waals surface area contributed by atoms with Crippen LogP contribution in [0, 0.1) is 0 Å². The van der Waals surface area contributed by atoms with E-state index in [1.54, 1.807) is 24.7 Å². The normalized spacial score (nSPS) is 10.2. The van der Waals surface area contributed by atoms with Crippen LogP contribution in [-0.4, -0.2) is 21.7 Å². The predicted octanol–water partition coefficient (Wildman–Crippen LogP) is 2.64. The van der Waals surface area contributed by atoms with Gasteiger partial charge in [-0.1, -0.05) is 6.92 Å². The van der Waals surface area contributed by atoms with Gasteiger partial charge in [0.2, 0.25) is 0 Å². The van der Waals surface area contributed by atoms with E-state index < -0.39 is 0 Å². The molecular weight excluding hydrogens is 216 g/mol. The molecule has 0 aliphatic rings. The first kappa shape index (κ1) is 11.4. The molecule has 17 heavy (non-hydrogen) atoms. The van der Waals surface area contributed by atoms with Crippen LogP contribution in [0.4, 0.5) is 0 Å². The number of aromatic nitrogens is 2. The maximum atomic E-state index is 9.37. The molecule has 0 fully saturated rings. The SMILES string of the molecule is CCCOc1cncc(-c2cncc(O)c2)c1. The smallest absolute Gasteiger partial charge is 0.138 e. The lowest BCUT2D eigenvalue weighted by Crippen LogP contribution is -1.95. The van der Waals surface area contributed by atoms with Crippen molar-refractivity contribution in [3.8, 4) is 22.6 Å². The molecular formula is C13H14N2O2. The van der Waals surface area contributed by atoms with Gasteiger partial charge in [0.05, 0.1) is 19.0 Å². The zero-order chi connectivity index (χ0) is 12.1. The topological polar surface area (TPSA) is 55.2 Å². The fraction of sp³-hybridized carbons (Fsp3) is 0.231. The van der Waals surface area contributed by atoms with E-state index in [0.717, 1.165) is 23.3 Å². The summed E-state index contributed by atoms with van der Waals surface area (Å²) in [7, 11) is 0. The molecule has 2 rings (SSSR count). The standard InChI is InChI=1S/C13H14N2O2/c1-2-3-17-13-5-11(7-15-9-13)10-4-12(16)8-14-6-10/h4-9,16H,2-3H2,1H3. The van der Waals surface area contributed by atoms with Gasteiger partial charge in [-0.05, 0) is 18.6 Å². The molecule has 4 heteroatoms. The quantitative estimate of drug-likeness (QED) is 0.877. The van der Waals surface area contributed by atoms with Crippen LogP contribution in [0.1, 0.15) is 13.3 Å². The van der Waals surface area contributed by atoms with Crippen molar-refractivity contribution in [1.29, 1.82) is 0 Å². The van der Waals surface area contributed by atoms with Crippen molar-refractivity contribution in [3.63, 3.8) is 0 Å². The van der Waals surface area contributed by atoms with E-state index in [2.05, 4.69) is 16.9 Å². The molecule has 0 amide bonds. The Morgan fingerprint density at radius 2 is 1.76 bits per heavy atom. The number of nitrogens with zero attached hydrogens (tertiary/aromatic N) is 2. The highest BCUT2D eigenvalue weighted by Gasteiger charge is 2.02. The van der Waals surface area contributed by atoms with Gasteiger partial charge in [0.1, 0.15) is 11.5 Å². The van der Waals surface area contributed by atoms with Gasteiger partial charge in [0.15, 0.2) is 0 Å². The lowest BCUT2D eigenvalue weighted by Gasteiger charge is -2.06. The Bertz CT molecular complexity index is 500. The van der Waals surface area contributed by atoms with Crippen LogP contribution in [-0.2, 0) is 0 Å². The molecule has 88 valence electrons. The monoisotopic (exact) mass is 230 g/mol. The number of hydrogen-bond donors (Lipinski definition) is 1. The van der Waals surface area contributed by atoms with Gasteiger partial charge in [-0.2, -0.15) is 0 Å². The van der Waals surface area contributed by atoms with Crippen molar-refractivity contribution in [2.45, 2.75) is 13.3 Å². The van der Waals surface area contributed by atoms with Crippen molar-refractivity contribution < 1.29 is 9.84 Å². The Morgan fingerprint density at radius 1 is 1.06 bits per heavy atom. The van der Waals surface area contributed by atoms with Crippen LogP contribution in [0.3, 0.4) is 0 Å². The fourth-order valence-corrected chi connectivity index (χ4v) is 1.46. The minimum atomic E-state index is 0.141. The van der Waals surface area contributed by atoms with Gasteiger partial charge >= 0.3 is 0 Å². The molecule has 1 N–H and O–H groups in total. The summed E-state index contributed by atoms with van der Waals surface area (Å²) >= 11 is 0. The van der Waals surface area contributed by atoms with Crippen molar-refractivity contribution in [1.82, 2.24) is 9.97 Å². The molecule has 2 aromatic heterocycles. The third kappa shape index (κ3) is 2.93. The Kier molecular flexibility index (Phi) is 3.55. The van der Waals surface area contributed by atoms with Gasteiger partial charge in [-0.25, -0.2) is 0 Å². The Hall–Kier alpha value is -2.10. The number of ether oxygens (including phenoxy) is 1. The fourth-order valence-electron chi connectivity index (χ4n) is 1.46. The molecule has 2 aromatic rings. The average Bonchev–Trinajstić information content (AvgIpc) is 2.37. The van der Waals surface area contributed by atoms with Crippen LogP contribution in [0.5, 0.6) is 11.5 Å². The van der Waals surface area contributed by atoms with Crippen LogP contribution in [0.15, 0.2) is 36.9 Å². The zero-order valence-electron chi connectivity index (χ0n) is 9.63. The first-order chi connectivity index (χ1) is 8.29. The Morgan fingerprint density at radius 3 is 2.47 bits per heavy atom. The summed E-state index contributed by atoms with van der Waals surface area (Å²) in [6.07, 6.45) is 7.43. The molecule has 0 bridgehead atoms. The Labute approximate surface area is 99.9 Å². The highest BCUT2D eigenvalue weighted by atomic mass is 16.5. The number of hydrogen-bond acceptors (Lipinski definition) is 4. The van der Waals surface area contributed by atoms with E-state index in [1.807, 2.05) is 6.07 Å². The van der Waals surface area contributed by atoms with Gasteiger partial charge in [-0.15, -0.1) is 0 Å². The number of aromatic hydroxyl groups is 1. The third-order valence-electron chi connectivity index (χ3n) is 2.24. The van der Waals surface area contributed by atoms with E-state index in [-0.39, 0.29) is 5.75 Å². The van der Waals surface area contributed by atoms with Crippen molar-refractivity contribution in [2.24, 2.45) is 0 Å². The van der Waals surface area contributed by atoms with Gasteiger partial charge < -0.3 is 9.84 Å². The molecule has 0 saturated carbocycles. The van der Waals surface area contributed by atoms with Crippen LogP contribution < -0.4 is 4.74 Å². The molecule has 0 spiro atoms. The van der Waals surface area contributed by atoms with E-state index in [4.69, 9.17) is 4.74 Å². The highest BCUT2D eigenvalue weighted by molar-refractivity contribution is 5.64. The van der Waals surface area contributed by atoms with Crippen molar-refractivity contribution >= 4 is 0 Å². The first-order valence-corrected chi connectivity index (χ1v) is 5.52. The first-order valence-electron chi connectivity index (χ1n) is 5.52. The Balaban J connectivity index is 2.26. The summed E-state index contributed by atoms with van der Waals surface area (Å²) in [5, 5.41) is 9.37. The summed E-state index contributed by atoms with van der Waals surface area (Å²) < 4.78 is 5.50. The van der Waals surface area contributed by atoms with Crippen LogP contribution in [0.25, 0.3) is 11.1 Å². The molecule has 0 atom stereocenters. The maximum Gasteiger partial charge on any atom is 0.138 e. The summed E-state index contributed by atoms with van der Waals surface area (Å²) in [5.41, 5.74) is 1.70. The minimum Gasteiger partial charge on any atom is -0.506 e. The van der Waals surface area contributed by atoms with E-state index in [9.17, 15) is 5.11 Å². The summed E-state index contributed by atoms with van der Waals surface area (Å²) in [4.78, 5) is 8.04.